The third-order valence-electron chi connectivity index (χ3n) is 5.94. The molecule has 0 radical (unpaired) electrons. The highest BCUT2D eigenvalue weighted by molar-refractivity contribution is 14.1. The first-order chi connectivity index (χ1) is 17.4. The van der Waals surface area contributed by atoms with Gasteiger partial charge in [-0.15, -0.1) is 0 Å². The molecule has 0 spiro atoms. The maximum absolute atomic E-state index is 13.6. The zero-order chi connectivity index (χ0) is 25.9. The van der Waals surface area contributed by atoms with Crippen LogP contribution in [0.3, 0.4) is 0 Å². The fourth-order valence-corrected chi connectivity index (χ4v) is 4.08. The Balaban J connectivity index is 1.92. The average Bonchev–Trinajstić information content (AvgIpc) is 2.90. The Labute approximate surface area is 227 Å². The first kappa shape index (κ1) is 27.5. The second-order valence-electron chi connectivity index (χ2n) is 8.64. The summed E-state index contributed by atoms with van der Waals surface area (Å²) in [6, 6.07) is 24.1. The fourth-order valence-electron chi connectivity index (χ4n) is 3.72. The van der Waals surface area contributed by atoms with Gasteiger partial charge in [-0.05, 0) is 83.5 Å². The van der Waals surface area contributed by atoms with Crippen molar-refractivity contribution < 1.29 is 19.1 Å². The Bertz CT molecular complexity index is 1120. The van der Waals surface area contributed by atoms with E-state index in [1.54, 1.807) is 12.0 Å². The largest absolute Gasteiger partial charge is 0.497 e. The minimum absolute atomic E-state index is 0.00686. The van der Waals surface area contributed by atoms with Gasteiger partial charge in [0, 0.05) is 22.6 Å². The van der Waals surface area contributed by atoms with Gasteiger partial charge in [0.1, 0.15) is 17.5 Å². The Kier molecular flexibility index (Phi) is 10.6. The second kappa shape index (κ2) is 13.9. The van der Waals surface area contributed by atoms with Crippen LogP contribution in [-0.4, -0.2) is 42.5 Å². The van der Waals surface area contributed by atoms with E-state index < -0.39 is 6.04 Å². The molecule has 0 bridgehead atoms. The van der Waals surface area contributed by atoms with Crippen molar-refractivity contribution in [3.8, 4) is 11.5 Å². The summed E-state index contributed by atoms with van der Waals surface area (Å²) in [7, 11) is 1.61. The molecule has 0 heterocycles. The molecular weight excluding hydrogens is 567 g/mol. The first-order valence-corrected chi connectivity index (χ1v) is 13.1. The van der Waals surface area contributed by atoms with Crippen LogP contribution < -0.4 is 14.8 Å². The lowest BCUT2D eigenvalue weighted by Gasteiger charge is -2.32. The van der Waals surface area contributed by atoms with Gasteiger partial charge in [-0.1, -0.05) is 49.4 Å². The molecule has 0 aliphatic carbocycles. The van der Waals surface area contributed by atoms with Crippen LogP contribution in [0, 0.1) is 3.57 Å². The van der Waals surface area contributed by atoms with E-state index in [2.05, 4.69) is 27.9 Å². The standard InChI is InChI=1S/C29H33IN2O4/c1-4-21(2)31-29(34)27(18-22-9-6-5-7-10-22)32(19-23-11-8-12-26(17-23)35-3)28(33)20-36-25-15-13-24(30)14-16-25/h5-17,21,27H,4,18-20H2,1-3H3,(H,31,34)/t21-,27+/m1/s1. The molecule has 0 aromatic heterocycles. The van der Waals surface area contributed by atoms with Gasteiger partial charge >= 0.3 is 0 Å². The van der Waals surface area contributed by atoms with Crippen LogP contribution in [0.5, 0.6) is 11.5 Å². The predicted octanol–water partition coefficient (Wildman–Crippen LogP) is 5.23. The number of ether oxygens (including phenoxy) is 2. The van der Waals surface area contributed by atoms with E-state index in [1.165, 1.54) is 0 Å². The Morgan fingerprint density at radius 1 is 0.944 bits per heavy atom. The number of carbonyl (C=O) groups excluding carboxylic acids is 2. The minimum atomic E-state index is -0.708. The van der Waals surface area contributed by atoms with Gasteiger partial charge in [0.2, 0.25) is 5.91 Å². The molecular formula is C29H33IN2O4. The number of benzene rings is 3. The van der Waals surface area contributed by atoms with E-state index in [0.29, 0.717) is 17.9 Å². The minimum Gasteiger partial charge on any atom is -0.497 e. The highest BCUT2D eigenvalue weighted by Gasteiger charge is 2.31. The second-order valence-corrected chi connectivity index (χ2v) is 9.88. The van der Waals surface area contributed by atoms with Crippen molar-refractivity contribution in [2.45, 2.75) is 45.3 Å². The quantitative estimate of drug-likeness (QED) is 0.289. The van der Waals surface area contributed by atoms with Crippen LogP contribution in [-0.2, 0) is 22.6 Å². The summed E-state index contributed by atoms with van der Waals surface area (Å²) in [5.41, 5.74) is 1.84. The average molecular weight is 600 g/mol. The van der Waals surface area contributed by atoms with Crippen molar-refractivity contribution >= 4 is 34.4 Å². The van der Waals surface area contributed by atoms with Crippen LogP contribution in [0.25, 0.3) is 0 Å². The zero-order valence-electron chi connectivity index (χ0n) is 20.9. The van der Waals surface area contributed by atoms with Crippen LogP contribution in [0.15, 0.2) is 78.9 Å². The third kappa shape index (κ3) is 8.26. The molecule has 3 rings (SSSR count). The molecule has 3 aromatic carbocycles. The number of nitrogens with zero attached hydrogens (tertiary/aromatic N) is 1. The molecule has 0 aliphatic heterocycles. The lowest BCUT2D eigenvalue weighted by Crippen LogP contribution is -2.53. The number of carbonyl (C=O) groups is 2. The van der Waals surface area contributed by atoms with Gasteiger partial charge in [0.15, 0.2) is 6.61 Å². The topological polar surface area (TPSA) is 67.9 Å². The summed E-state index contributed by atoms with van der Waals surface area (Å²) < 4.78 is 12.3. The molecule has 0 aliphatic rings. The molecule has 2 amide bonds. The Morgan fingerprint density at radius 2 is 1.64 bits per heavy atom. The van der Waals surface area contributed by atoms with Gasteiger partial charge in [-0.25, -0.2) is 0 Å². The van der Waals surface area contributed by atoms with Crippen LogP contribution >= 0.6 is 22.6 Å². The maximum atomic E-state index is 13.6. The molecule has 1 N–H and O–H groups in total. The van der Waals surface area contributed by atoms with Crippen LogP contribution in [0.2, 0.25) is 0 Å². The molecule has 3 aromatic rings. The van der Waals surface area contributed by atoms with Gasteiger partial charge in [-0.3, -0.25) is 9.59 Å². The van der Waals surface area contributed by atoms with Gasteiger partial charge in [-0.2, -0.15) is 0 Å². The van der Waals surface area contributed by atoms with Crippen LogP contribution in [0.1, 0.15) is 31.4 Å². The maximum Gasteiger partial charge on any atom is 0.261 e. The highest BCUT2D eigenvalue weighted by atomic mass is 127. The summed E-state index contributed by atoms with van der Waals surface area (Å²) in [4.78, 5) is 28.8. The fraction of sp³-hybridized carbons (Fsp3) is 0.310. The molecule has 2 atom stereocenters. The number of amides is 2. The van der Waals surface area contributed by atoms with E-state index in [-0.39, 0.29) is 31.0 Å². The molecule has 7 heteroatoms. The molecule has 0 unspecified atom stereocenters. The van der Waals surface area contributed by atoms with Gasteiger partial charge in [0.25, 0.3) is 5.91 Å². The van der Waals surface area contributed by atoms with E-state index in [0.717, 1.165) is 21.1 Å². The number of hydrogen-bond donors (Lipinski definition) is 1. The third-order valence-corrected chi connectivity index (χ3v) is 6.65. The zero-order valence-corrected chi connectivity index (χ0v) is 23.1. The van der Waals surface area contributed by atoms with Crippen molar-refractivity contribution in [2.75, 3.05) is 13.7 Å². The number of hydrogen-bond acceptors (Lipinski definition) is 4. The predicted molar refractivity (Wildman–Crippen MR) is 150 cm³/mol. The van der Waals surface area contributed by atoms with Gasteiger partial charge in [0.05, 0.1) is 7.11 Å². The molecule has 36 heavy (non-hydrogen) atoms. The van der Waals surface area contributed by atoms with Crippen LogP contribution in [0.4, 0.5) is 0 Å². The lowest BCUT2D eigenvalue weighted by molar-refractivity contribution is -0.143. The highest BCUT2D eigenvalue weighted by Crippen LogP contribution is 2.20. The number of methoxy groups -OCH3 is 1. The normalized spacial score (nSPS) is 12.3. The first-order valence-electron chi connectivity index (χ1n) is 12.0. The van der Waals surface area contributed by atoms with E-state index >= 15 is 0 Å². The van der Waals surface area contributed by atoms with E-state index in [1.807, 2.05) is 92.7 Å². The summed E-state index contributed by atoms with van der Waals surface area (Å²) >= 11 is 2.22. The molecule has 0 fully saturated rings. The smallest absolute Gasteiger partial charge is 0.261 e. The van der Waals surface area contributed by atoms with E-state index in [4.69, 9.17) is 9.47 Å². The van der Waals surface area contributed by atoms with Crippen molar-refractivity contribution in [1.82, 2.24) is 10.2 Å². The Morgan fingerprint density at radius 3 is 2.31 bits per heavy atom. The molecule has 6 nitrogen and oxygen atoms in total. The lowest BCUT2D eigenvalue weighted by atomic mass is 10.0. The summed E-state index contributed by atoms with van der Waals surface area (Å²) in [5.74, 6) is 0.850. The van der Waals surface area contributed by atoms with Crippen molar-refractivity contribution in [3.63, 3.8) is 0 Å². The molecule has 0 saturated heterocycles. The summed E-state index contributed by atoms with van der Waals surface area (Å²) in [6.07, 6.45) is 1.19. The number of rotatable bonds is 12. The summed E-state index contributed by atoms with van der Waals surface area (Å²) in [6.45, 7) is 4.06. The Hall–Kier alpha value is -3.07. The van der Waals surface area contributed by atoms with Crippen molar-refractivity contribution in [1.29, 1.82) is 0 Å². The number of nitrogens with one attached hydrogen (secondary N) is 1. The van der Waals surface area contributed by atoms with Gasteiger partial charge < -0.3 is 19.7 Å². The monoisotopic (exact) mass is 600 g/mol. The van der Waals surface area contributed by atoms with E-state index in [9.17, 15) is 9.59 Å². The van der Waals surface area contributed by atoms with Crippen molar-refractivity contribution in [3.05, 3.63) is 93.6 Å². The molecule has 0 saturated carbocycles. The van der Waals surface area contributed by atoms with Crippen molar-refractivity contribution in [2.24, 2.45) is 0 Å². The number of halogens is 1. The summed E-state index contributed by atoms with van der Waals surface area (Å²) in [5, 5.41) is 3.07. The SMILES string of the molecule is CC[C@@H](C)NC(=O)[C@H](Cc1ccccc1)N(Cc1cccc(OC)c1)C(=O)COc1ccc(I)cc1. The molecule has 190 valence electrons.